The van der Waals surface area contributed by atoms with Crippen molar-refractivity contribution in [3.8, 4) is 22.5 Å². The molecule has 4 nitrogen and oxygen atoms in total. The number of alkyl halides is 3. The van der Waals surface area contributed by atoms with Gasteiger partial charge < -0.3 is 5.11 Å². The number of carboxylic acids is 1. The first-order chi connectivity index (χ1) is 15.2. The van der Waals surface area contributed by atoms with Gasteiger partial charge in [-0.2, -0.15) is 13.2 Å². The Bertz CT molecular complexity index is 1100. The topological polar surface area (TPSA) is 55.1 Å². The maximum absolute atomic E-state index is 13.8. The van der Waals surface area contributed by atoms with Crippen LogP contribution in [0.1, 0.15) is 31.5 Å². The molecule has 1 heterocycles. The predicted molar refractivity (Wildman–Crippen MR) is 109 cm³/mol. The highest BCUT2D eigenvalue weighted by atomic mass is 19.4. The van der Waals surface area contributed by atoms with Crippen LogP contribution in [-0.4, -0.2) is 20.6 Å². The number of imidazole rings is 1. The molecular weight excluding hydrogens is 431 g/mol. The summed E-state index contributed by atoms with van der Waals surface area (Å²) in [5.74, 6) is -3.22. The Balaban J connectivity index is 2.10. The number of hydrogen-bond acceptors (Lipinski definition) is 2. The van der Waals surface area contributed by atoms with Gasteiger partial charge in [0.05, 0.1) is 11.4 Å². The highest BCUT2D eigenvalue weighted by molar-refractivity contribution is 5.80. The number of hydrogen-bond donors (Lipinski definition) is 1. The summed E-state index contributed by atoms with van der Waals surface area (Å²) in [6.45, 7) is 0. The van der Waals surface area contributed by atoms with Crippen LogP contribution in [0.15, 0.2) is 54.6 Å². The molecule has 0 saturated carbocycles. The summed E-state index contributed by atoms with van der Waals surface area (Å²) < 4.78 is 69.1. The van der Waals surface area contributed by atoms with Gasteiger partial charge in [0.25, 0.3) is 0 Å². The van der Waals surface area contributed by atoms with Crippen molar-refractivity contribution >= 4 is 12.2 Å². The third kappa shape index (κ3) is 5.60. The Morgan fingerprint density at radius 2 is 1.50 bits per heavy atom. The number of benzene rings is 2. The highest BCUT2D eigenvalue weighted by Crippen LogP contribution is 2.39. The van der Waals surface area contributed by atoms with E-state index >= 15 is 0 Å². The van der Waals surface area contributed by atoms with E-state index in [4.69, 9.17) is 5.11 Å². The molecule has 0 bridgehead atoms. The first kappa shape index (κ1) is 23.2. The summed E-state index contributed by atoms with van der Waals surface area (Å²) >= 11 is 0. The fourth-order valence-electron chi connectivity index (χ4n) is 3.19. The third-order valence-corrected chi connectivity index (χ3v) is 4.67. The number of unbranched alkanes of at least 4 members (excludes halogenated alkanes) is 2. The van der Waals surface area contributed by atoms with Gasteiger partial charge >= 0.3 is 12.1 Å². The van der Waals surface area contributed by atoms with Crippen LogP contribution in [-0.2, 0) is 11.0 Å². The fraction of sp³-hybridized carbons (Fsp3) is 0.217. The Labute approximate surface area is 180 Å². The smallest absolute Gasteiger partial charge is 0.450 e. The summed E-state index contributed by atoms with van der Waals surface area (Å²) in [5.41, 5.74) is 0.610. The van der Waals surface area contributed by atoms with Crippen molar-refractivity contribution in [1.29, 1.82) is 0 Å². The summed E-state index contributed by atoms with van der Waals surface area (Å²) in [6.07, 6.45) is -0.861. The molecule has 0 unspecified atom stereocenters. The molecule has 0 aliphatic rings. The number of aromatic nitrogens is 2. The lowest BCUT2D eigenvalue weighted by molar-refractivity contribution is -0.145. The van der Waals surface area contributed by atoms with Crippen LogP contribution >= 0.6 is 0 Å². The van der Waals surface area contributed by atoms with E-state index in [2.05, 4.69) is 4.98 Å². The van der Waals surface area contributed by atoms with Crippen molar-refractivity contribution in [1.82, 2.24) is 9.55 Å². The van der Waals surface area contributed by atoms with Crippen LogP contribution < -0.4 is 0 Å². The standard InChI is InChI=1S/C23H19F5N2O2/c24-17-10-6-15(7-11-17)20-21(16-8-12-18(25)13-9-16)30(22(29-20)23(26,27)28)14-4-2-1-3-5-19(31)32/h4,6-14H,1-3,5H2,(H,31,32)/b14-4+. The first-order valence-corrected chi connectivity index (χ1v) is 9.76. The number of carboxylic acid groups (broad SMARTS) is 1. The molecule has 32 heavy (non-hydrogen) atoms. The van der Waals surface area contributed by atoms with E-state index in [1.807, 2.05) is 0 Å². The van der Waals surface area contributed by atoms with Crippen LogP contribution in [0.5, 0.6) is 0 Å². The molecule has 9 heteroatoms. The second-order valence-corrected chi connectivity index (χ2v) is 7.04. The van der Waals surface area contributed by atoms with E-state index in [0.29, 0.717) is 24.8 Å². The normalized spacial score (nSPS) is 11.9. The summed E-state index contributed by atoms with van der Waals surface area (Å²) in [7, 11) is 0. The van der Waals surface area contributed by atoms with Gasteiger partial charge in [-0.25, -0.2) is 13.8 Å². The van der Waals surface area contributed by atoms with Crippen molar-refractivity contribution in [2.24, 2.45) is 0 Å². The summed E-state index contributed by atoms with van der Waals surface area (Å²) in [5, 5.41) is 8.68. The van der Waals surface area contributed by atoms with Gasteiger partial charge in [-0.1, -0.05) is 6.08 Å². The van der Waals surface area contributed by atoms with Crippen molar-refractivity contribution in [3.05, 3.63) is 72.1 Å². The zero-order chi connectivity index (χ0) is 23.3. The Morgan fingerprint density at radius 1 is 0.938 bits per heavy atom. The number of carbonyl (C=O) groups is 1. The zero-order valence-corrected chi connectivity index (χ0v) is 16.7. The van der Waals surface area contributed by atoms with Gasteiger partial charge in [0.15, 0.2) is 0 Å². The molecule has 0 atom stereocenters. The Morgan fingerprint density at radius 3 is 2.03 bits per heavy atom. The molecule has 3 aromatic rings. The fourth-order valence-corrected chi connectivity index (χ4v) is 3.19. The maximum atomic E-state index is 13.8. The number of aliphatic carboxylic acids is 1. The molecular formula is C23H19F5N2O2. The van der Waals surface area contributed by atoms with E-state index in [1.54, 1.807) is 0 Å². The summed E-state index contributed by atoms with van der Waals surface area (Å²) in [6, 6.07) is 9.83. The van der Waals surface area contributed by atoms with E-state index in [1.165, 1.54) is 36.5 Å². The van der Waals surface area contributed by atoms with Crippen molar-refractivity contribution in [3.63, 3.8) is 0 Å². The number of allylic oxidation sites excluding steroid dienone is 1. The lowest BCUT2D eigenvalue weighted by Crippen LogP contribution is -2.12. The highest BCUT2D eigenvalue weighted by Gasteiger charge is 2.39. The molecule has 2 aromatic carbocycles. The first-order valence-electron chi connectivity index (χ1n) is 9.76. The molecule has 3 rings (SSSR count). The van der Waals surface area contributed by atoms with E-state index < -0.39 is 29.6 Å². The minimum absolute atomic E-state index is 0.0255. The second kappa shape index (κ2) is 9.76. The molecule has 0 amide bonds. The van der Waals surface area contributed by atoms with Gasteiger partial charge in [-0.3, -0.25) is 9.36 Å². The third-order valence-electron chi connectivity index (χ3n) is 4.67. The molecule has 0 saturated heterocycles. The molecule has 0 radical (unpaired) electrons. The Kier molecular flexibility index (Phi) is 7.07. The quantitative estimate of drug-likeness (QED) is 0.310. The molecule has 1 aromatic heterocycles. The molecule has 0 aliphatic carbocycles. The monoisotopic (exact) mass is 450 g/mol. The average Bonchev–Trinajstić information content (AvgIpc) is 3.11. The van der Waals surface area contributed by atoms with Crippen LogP contribution in [0.3, 0.4) is 0 Å². The second-order valence-electron chi connectivity index (χ2n) is 7.04. The lowest BCUT2D eigenvalue weighted by atomic mass is 10.0. The van der Waals surface area contributed by atoms with Gasteiger partial charge in [0.1, 0.15) is 11.6 Å². The van der Waals surface area contributed by atoms with Gasteiger partial charge in [-0.05, 0) is 67.8 Å². The van der Waals surface area contributed by atoms with Crippen molar-refractivity contribution < 1.29 is 31.9 Å². The van der Waals surface area contributed by atoms with Crippen molar-refractivity contribution in [2.75, 3.05) is 0 Å². The largest absolute Gasteiger partial charge is 0.481 e. The zero-order valence-electron chi connectivity index (χ0n) is 16.7. The van der Waals surface area contributed by atoms with Crippen LogP contribution in [0.25, 0.3) is 28.7 Å². The van der Waals surface area contributed by atoms with Crippen molar-refractivity contribution in [2.45, 2.75) is 31.9 Å². The van der Waals surface area contributed by atoms with Crippen LogP contribution in [0.2, 0.25) is 0 Å². The number of halogens is 5. The van der Waals surface area contributed by atoms with Gasteiger partial charge in [0.2, 0.25) is 5.82 Å². The molecule has 0 fully saturated rings. The molecule has 1 N–H and O–H groups in total. The average molecular weight is 450 g/mol. The van der Waals surface area contributed by atoms with Gasteiger partial charge in [-0.15, -0.1) is 0 Å². The molecule has 168 valence electrons. The van der Waals surface area contributed by atoms with Crippen LogP contribution in [0, 0.1) is 11.6 Å². The Hall–Kier alpha value is -3.49. The minimum atomic E-state index is -4.79. The SMILES string of the molecule is O=C(O)CCCC/C=C/n1c(C(F)(F)F)nc(-c2ccc(F)cc2)c1-c1ccc(F)cc1. The van der Waals surface area contributed by atoms with Gasteiger partial charge in [0, 0.05) is 23.7 Å². The minimum Gasteiger partial charge on any atom is -0.481 e. The predicted octanol–water partition coefficient (Wildman–Crippen LogP) is 6.63. The molecule has 0 aliphatic heterocycles. The number of rotatable bonds is 8. The maximum Gasteiger partial charge on any atom is 0.450 e. The van der Waals surface area contributed by atoms with E-state index in [0.717, 1.165) is 28.8 Å². The number of nitrogens with zero attached hydrogens (tertiary/aromatic N) is 2. The lowest BCUT2D eigenvalue weighted by Gasteiger charge is -2.11. The summed E-state index contributed by atoms with van der Waals surface area (Å²) in [4.78, 5) is 14.4. The van der Waals surface area contributed by atoms with Crippen LogP contribution in [0.4, 0.5) is 22.0 Å². The molecule has 0 spiro atoms. The van der Waals surface area contributed by atoms with E-state index in [-0.39, 0.29) is 23.4 Å². The van der Waals surface area contributed by atoms with E-state index in [9.17, 15) is 26.7 Å².